The predicted octanol–water partition coefficient (Wildman–Crippen LogP) is 2.28. The highest BCUT2D eigenvalue weighted by atomic mass is 32.2. The van der Waals surface area contributed by atoms with E-state index in [2.05, 4.69) is 14.4 Å². The van der Waals surface area contributed by atoms with Crippen LogP contribution in [0.25, 0.3) is 5.69 Å². The van der Waals surface area contributed by atoms with E-state index in [1.165, 1.54) is 49.8 Å². The fraction of sp³-hybridized carbons (Fsp3) is 0.176. The van der Waals surface area contributed by atoms with E-state index in [0.29, 0.717) is 5.56 Å². The number of pyridine rings is 1. The Bertz CT molecular complexity index is 1240. The van der Waals surface area contributed by atoms with E-state index in [1.54, 1.807) is 0 Å². The molecule has 0 radical (unpaired) electrons. The highest BCUT2D eigenvalue weighted by Crippen LogP contribution is 2.37. The van der Waals surface area contributed by atoms with Gasteiger partial charge in [0.15, 0.2) is 0 Å². The van der Waals surface area contributed by atoms with Gasteiger partial charge >= 0.3 is 11.2 Å². The molecule has 166 valence electrons. The van der Waals surface area contributed by atoms with Crippen molar-refractivity contribution in [1.29, 1.82) is 0 Å². The number of hydrogen-bond donors (Lipinski definition) is 3. The largest absolute Gasteiger partial charge is 0.493 e. The first-order valence-electron chi connectivity index (χ1n) is 8.50. The van der Waals surface area contributed by atoms with Crippen LogP contribution in [0.2, 0.25) is 0 Å². The minimum Gasteiger partial charge on any atom is -0.493 e. The lowest BCUT2D eigenvalue weighted by atomic mass is 10.2. The second kappa shape index (κ2) is 8.64. The summed E-state index contributed by atoms with van der Waals surface area (Å²) < 4.78 is 67.4. The first-order valence-corrected chi connectivity index (χ1v) is 10.8. The van der Waals surface area contributed by atoms with Gasteiger partial charge in [0.1, 0.15) is 0 Å². The van der Waals surface area contributed by atoms with Crippen LogP contribution >= 0.6 is 11.8 Å². The molecule has 0 aliphatic carbocycles. The number of rotatable bonds is 7. The van der Waals surface area contributed by atoms with Crippen LogP contribution in [0.3, 0.4) is 0 Å². The number of alkyl halides is 3. The number of hydrogen-bond acceptors (Lipinski definition) is 6. The fourth-order valence-corrected chi connectivity index (χ4v) is 3.78. The zero-order valence-electron chi connectivity index (χ0n) is 15.8. The summed E-state index contributed by atoms with van der Waals surface area (Å²) in [4.78, 5) is 16.6. The monoisotopic (exact) mass is 475 g/mol. The molecule has 0 fully saturated rings. The Morgan fingerprint density at radius 3 is 2.48 bits per heavy atom. The standard InChI is InChI=1S/C17H16F3N5O4S2/c1-21-31(28,29)23-14-8-22-7-6-11(14)9-24-10-15(26)25(16(24)27)12-2-4-13(5-3-12)30-17(18,19)20/h2-8,10,21,23,26H,9H2,1H3. The zero-order chi connectivity index (χ0) is 22.8. The van der Waals surface area contributed by atoms with Gasteiger partial charge in [-0.25, -0.2) is 14.1 Å². The third-order valence-electron chi connectivity index (χ3n) is 4.03. The summed E-state index contributed by atoms with van der Waals surface area (Å²) in [6, 6.07) is 6.42. The molecule has 3 N–H and O–H groups in total. The Kier molecular flexibility index (Phi) is 6.33. The Hall–Kier alpha value is -2.97. The number of imidazole rings is 1. The van der Waals surface area contributed by atoms with Crippen LogP contribution in [0.15, 0.2) is 58.6 Å². The van der Waals surface area contributed by atoms with Gasteiger partial charge in [0, 0.05) is 18.1 Å². The SMILES string of the molecule is CNS(=O)(=O)Nc1cnccc1Cn1cc(O)n(-c2ccc(SC(F)(F)F)cc2)c1=O. The molecule has 31 heavy (non-hydrogen) atoms. The average Bonchev–Trinajstić information content (AvgIpc) is 2.96. The molecule has 3 aromatic rings. The van der Waals surface area contributed by atoms with Crippen molar-refractivity contribution in [2.45, 2.75) is 16.9 Å². The van der Waals surface area contributed by atoms with E-state index in [-0.39, 0.29) is 34.6 Å². The molecule has 0 bridgehead atoms. The third kappa shape index (κ3) is 5.59. The van der Waals surface area contributed by atoms with Crippen molar-refractivity contribution >= 4 is 27.7 Å². The van der Waals surface area contributed by atoms with Crippen LogP contribution in [0.5, 0.6) is 5.88 Å². The molecule has 0 aliphatic rings. The number of anilines is 1. The Morgan fingerprint density at radius 1 is 1.19 bits per heavy atom. The lowest BCUT2D eigenvalue weighted by Crippen LogP contribution is -2.28. The van der Waals surface area contributed by atoms with Gasteiger partial charge in [0.25, 0.3) is 10.2 Å². The topological polar surface area (TPSA) is 118 Å². The molecule has 3 rings (SSSR count). The number of halogens is 3. The number of aromatic nitrogens is 3. The van der Waals surface area contributed by atoms with Crippen LogP contribution in [-0.4, -0.2) is 40.2 Å². The highest BCUT2D eigenvalue weighted by Gasteiger charge is 2.29. The van der Waals surface area contributed by atoms with Crippen molar-refractivity contribution < 1.29 is 26.7 Å². The smallest absolute Gasteiger partial charge is 0.446 e. The van der Waals surface area contributed by atoms with Gasteiger partial charge in [0.05, 0.1) is 30.3 Å². The summed E-state index contributed by atoms with van der Waals surface area (Å²) in [5.74, 6) is -0.437. The van der Waals surface area contributed by atoms with Crippen LogP contribution in [0.4, 0.5) is 18.9 Å². The lowest BCUT2D eigenvalue weighted by molar-refractivity contribution is -0.0328. The van der Waals surface area contributed by atoms with Gasteiger partial charge in [-0.15, -0.1) is 0 Å². The first-order chi connectivity index (χ1) is 14.5. The molecule has 14 heteroatoms. The summed E-state index contributed by atoms with van der Waals surface area (Å²) in [5.41, 5.74) is -4.43. The zero-order valence-corrected chi connectivity index (χ0v) is 17.4. The third-order valence-corrected chi connectivity index (χ3v) is 5.80. The van der Waals surface area contributed by atoms with Crippen LogP contribution in [0, 0.1) is 0 Å². The number of thioether (sulfide) groups is 1. The normalized spacial score (nSPS) is 12.1. The number of nitrogens with one attached hydrogen (secondary N) is 2. The maximum Gasteiger partial charge on any atom is 0.446 e. The summed E-state index contributed by atoms with van der Waals surface area (Å²) in [6.45, 7) is -0.106. The molecule has 0 saturated heterocycles. The molecule has 2 heterocycles. The van der Waals surface area contributed by atoms with Crippen LogP contribution in [0.1, 0.15) is 5.56 Å². The molecule has 1 aromatic carbocycles. The number of aromatic hydroxyl groups is 1. The van der Waals surface area contributed by atoms with Gasteiger partial charge in [0.2, 0.25) is 5.88 Å². The maximum atomic E-state index is 12.8. The quantitative estimate of drug-likeness (QED) is 0.451. The van der Waals surface area contributed by atoms with E-state index < -0.39 is 27.3 Å². The van der Waals surface area contributed by atoms with Crippen molar-refractivity contribution in [3.8, 4) is 11.6 Å². The minimum atomic E-state index is -4.44. The van der Waals surface area contributed by atoms with E-state index in [1.807, 2.05) is 0 Å². The van der Waals surface area contributed by atoms with E-state index in [0.717, 1.165) is 15.3 Å². The van der Waals surface area contributed by atoms with Crippen LogP contribution in [-0.2, 0) is 16.8 Å². The number of nitrogens with zero attached hydrogens (tertiary/aromatic N) is 3. The van der Waals surface area contributed by atoms with Crippen molar-refractivity contribution in [3.05, 3.63) is 65.0 Å². The second-order valence-electron chi connectivity index (χ2n) is 6.12. The molecule has 2 aromatic heterocycles. The average molecular weight is 475 g/mol. The van der Waals surface area contributed by atoms with Gasteiger partial charge in [-0.05, 0) is 47.7 Å². The molecular weight excluding hydrogens is 459 g/mol. The van der Waals surface area contributed by atoms with Crippen molar-refractivity contribution in [3.63, 3.8) is 0 Å². The minimum absolute atomic E-state index is 0.0681. The molecular formula is C17H16F3N5O4S2. The first kappa shape index (κ1) is 22.7. The number of benzene rings is 1. The van der Waals surface area contributed by atoms with Gasteiger partial charge in [-0.2, -0.15) is 21.6 Å². The predicted molar refractivity (Wildman–Crippen MR) is 109 cm³/mol. The van der Waals surface area contributed by atoms with Gasteiger partial charge in [-0.3, -0.25) is 14.3 Å². The summed E-state index contributed by atoms with van der Waals surface area (Å²) in [5, 5.41) is 10.2. The molecule has 0 saturated carbocycles. The van der Waals surface area contributed by atoms with Gasteiger partial charge in [-0.1, -0.05) is 0 Å². The Balaban J connectivity index is 1.91. The van der Waals surface area contributed by atoms with E-state index >= 15 is 0 Å². The summed E-state index contributed by atoms with van der Waals surface area (Å²) in [6.07, 6.45) is 3.81. The van der Waals surface area contributed by atoms with Crippen molar-refractivity contribution in [2.24, 2.45) is 0 Å². The maximum absolute atomic E-state index is 12.8. The second-order valence-corrected chi connectivity index (χ2v) is 8.88. The van der Waals surface area contributed by atoms with E-state index in [4.69, 9.17) is 0 Å². The molecule has 0 amide bonds. The van der Waals surface area contributed by atoms with Gasteiger partial charge < -0.3 is 5.11 Å². The van der Waals surface area contributed by atoms with Crippen LogP contribution < -0.4 is 15.1 Å². The fourth-order valence-electron chi connectivity index (χ4n) is 2.66. The molecule has 0 atom stereocenters. The Labute approximate surface area is 178 Å². The lowest BCUT2D eigenvalue weighted by Gasteiger charge is -2.11. The molecule has 0 spiro atoms. The highest BCUT2D eigenvalue weighted by molar-refractivity contribution is 8.00. The summed E-state index contributed by atoms with van der Waals surface area (Å²) in [7, 11) is -2.60. The van der Waals surface area contributed by atoms with Crippen molar-refractivity contribution in [1.82, 2.24) is 18.8 Å². The van der Waals surface area contributed by atoms with Crippen molar-refractivity contribution in [2.75, 3.05) is 11.8 Å². The molecule has 9 nitrogen and oxygen atoms in total. The summed E-state index contributed by atoms with van der Waals surface area (Å²) >= 11 is -0.294. The van der Waals surface area contributed by atoms with E-state index in [9.17, 15) is 31.5 Å². The molecule has 0 aliphatic heterocycles. The Morgan fingerprint density at radius 2 is 1.87 bits per heavy atom. The molecule has 0 unspecified atom stereocenters.